The average molecular weight is 288 g/mol. The van der Waals surface area contributed by atoms with Crippen LogP contribution in [0.2, 0.25) is 0 Å². The number of aryl methyl sites for hydroxylation is 1. The quantitative estimate of drug-likeness (QED) is 0.868. The highest BCUT2D eigenvalue weighted by Crippen LogP contribution is 2.24. The van der Waals surface area contributed by atoms with E-state index in [1.165, 1.54) is 36.3 Å². The second-order valence-electron chi connectivity index (χ2n) is 6.69. The van der Waals surface area contributed by atoms with E-state index < -0.39 is 0 Å². The standard InChI is InChI=1S/C17H28N4/c1-4-14-9-13(11-18-15-5-6-15)10-17(19-14)21-8-7-16(12-21)20(2)3/h9-10,15-16,18H,4-8,11-12H2,1-3H3. The topological polar surface area (TPSA) is 31.4 Å². The minimum absolute atomic E-state index is 0.658. The number of anilines is 1. The molecular weight excluding hydrogens is 260 g/mol. The van der Waals surface area contributed by atoms with E-state index in [0.717, 1.165) is 32.1 Å². The third kappa shape index (κ3) is 3.74. The molecule has 0 aromatic carbocycles. The molecule has 1 aliphatic carbocycles. The van der Waals surface area contributed by atoms with E-state index in [1.54, 1.807) is 0 Å². The third-order valence-electron chi connectivity index (χ3n) is 4.68. The second-order valence-corrected chi connectivity index (χ2v) is 6.69. The Morgan fingerprint density at radius 2 is 2.10 bits per heavy atom. The van der Waals surface area contributed by atoms with Crippen molar-refractivity contribution in [1.29, 1.82) is 0 Å². The summed E-state index contributed by atoms with van der Waals surface area (Å²) in [4.78, 5) is 9.63. The van der Waals surface area contributed by atoms with Crippen LogP contribution in [0, 0.1) is 0 Å². The molecule has 2 heterocycles. The highest BCUT2D eigenvalue weighted by Gasteiger charge is 2.25. The first-order valence-electron chi connectivity index (χ1n) is 8.30. The smallest absolute Gasteiger partial charge is 0.129 e. The molecule has 4 nitrogen and oxygen atoms in total. The van der Waals surface area contributed by atoms with Crippen molar-refractivity contribution in [2.45, 2.75) is 51.2 Å². The zero-order valence-corrected chi connectivity index (χ0v) is 13.6. The van der Waals surface area contributed by atoms with E-state index >= 15 is 0 Å². The summed E-state index contributed by atoms with van der Waals surface area (Å²) in [7, 11) is 4.35. The number of hydrogen-bond donors (Lipinski definition) is 1. The zero-order chi connectivity index (χ0) is 14.8. The molecule has 116 valence electrons. The summed E-state index contributed by atoms with van der Waals surface area (Å²) in [5.41, 5.74) is 2.60. The van der Waals surface area contributed by atoms with Gasteiger partial charge in [0, 0.05) is 37.4 Å². The molecule has 0 spiro atoms. The van der Waals surface area contributed by atoms with Gasteiger partial charge in [-0.2, -0.15) is 0 Å². The third-order valence-corrected chi connectivity index (χ3v) is 4.68. The number of nitrogens with zero attached hydrogens (tertiary/aromatic N) is 3. The lowest BCUT2D eigenvalue weighted by Gasteiger charge is -2.22. The average Bonchev–Trinajstić information content (AvgIpc) is 3.18. The number of aromatic nitrogens is 1. The van der Waals surface area contributed by atoms with Gasteiger partial charge in [-0.1, -0.05) is 6.92 Å². The van der Waals surface area contributed by atoms with Crippen LogP contribution in [0.5, 0.6) is 0 Å². The summed E-state index contributed by atoms with van der Waals surface area (Å²) in [6.07, 6.45) is 4.93. The Kier molecular flexibility index (Phi) is 4.45. The van der Waals surface area contributed by atoms with Crippen molar-refractivity contribution < 1.29 is 0 Å². The van der Waals surface area contributed by atoms with Crippen LogP contribution in [0.1, 0.15) is 37.4 Å². The van der Waals surface area contributed by atoms with E-state index in [-0.39, 0.29) is 0 Å². The summed E-state index contributed by atoms with van der Waals surface area (Å²) >= 11 is 0. The summed E-state index contributed by atoms with van der Waals surface area (Å²) in [5, 5.41) is 3.61. The Morgan fingerprint density at radius 1 is 1.29 bits per heavy atom. The van der Waals surface area contributed by atoms with Gasteiger partial charge in [0.25, 0.3) is 0 Å². The van der Waals surface area contributed by atoms with Crippen LogP contribution >= 0.6 is 0 Å². The predicted octanol–water partition coefficient (Wildman–Crippen LogP) is 2.04. The number of hydrogen-bond acceptors (Lipinski definition) is 4. The Labute approximate surface area is 128 Å². The maximum atomic E-state index is 4.85. The fourth-order valence-electron chi connectivity index (χ4n) is 3.00. The van der Waals surface area contributed by atoms with Gasteiger partial charge >= 0.3 is 0 Å². The van der Waals surface area contributed by atoms with Gasteiger partial charge in [0.1, 0.15) is 5.82 Å². The summed E-state index contributed by atoms with van der Waals surface area (Å²) in [6, 6.07) is 5.96. The van der Waals surface area contributed by atoms with Crippen molar-refractivity contribution in [1.82, 2.24) is 15.2 Å². The van der Waals surface area contributed by atoms with Gasteiger partial charge in [-0.05, 0) is 57.5 Å². The molecule has 1 saturated carbocycles. The minimum atomic E-state index is 0.658. The molecule has 3 rings (SSSR count). The molecule has 1 unspecified atom stereocenters. The van der Waals surface area contributed by atoms with Gasteiger partial charge in [0.05, 0.1) is 0 Å². The molecule has 1 aromatic heterocycles. The van der Waals surface area contributed by atoms with Crippen molar-refractivity contribution in [3.63, 3.8) is 0 Å². The van der Waals surface area contributed by atoms with Crippen LogP contribution in [0.15, 0.2) is 12.1 Å². The van der Waals surface area contributed by atoms with Crippen LogP contribution in [0.3, 0.4) is 0 Å². The number of rotatable bonds is 6. The van der Waals surface area contributed by atoms with Crippen molar-refractivity contribution in [3.05, 3.63) is 23.4 Å². The van der Waals surface area contributed by atoms with Gasteiger partial charge in [-0.3, -0.25) is 0 Å². The fourth-order valence-corrected chi connectivity index (χ4v) is 3.00. The molecule has 1 aromatic rings. The first-order chi connectivity index (χ1) is 10.2. The molecule has 2 fully saturated rings. The van der Waals surface area contributed by atoms with Crippen molar-refractivity contribution in [2.24, 2.45) is 0 Å². The highest BCUT2D eigenvalue weighted by atomic mass is 15.3. The van der Waals surface area contributed by atoms with Crippen LogP contribution < -0.4 is 10.2 Å². The fraction of sp³-hybridized carbons (Fsp3) is 0.706. The molecule has 21 heavy (non-hydrogen) atoms. The number of likely N-dealkylation sites (N-methyl/N-ethyl adjacent to an activating group) is 1. The van der Waals surface area contributed by atoms with Crippen molar-refractivity contribution in [3.8, 4) is 0 Å². The van der Waals surface area contributed by atoms with Crippen LogP contribution in [0.4, 0.5) is 5.82 Å². The second kappa shape index (κ2) is 6.32. The zero-order valence-electron chi connectivity index (χ0n) is 13.6. The van der Waals surface area contributed by atoms with E-state index in [9.17, 15) is 0 Å². The lowest BCUT2D eigenvalue weighted by atomic mass is 10.2. The van der Waals surface area contributed by atoms with Gasteiger partial charge in [0.15, 0.2) is 0 Å². The molecule has 0 bridgehead atoms. The van der Waals surface area contributed by atoms with Gasteiger partial charge in [-0.15, -0.1) is 0 Å². The lowest BCUT2D eigenvalue weighted by molar-refractivity contribution is 0.315. The molecule has 1 atom stereocenters. The van der Waals surface area contributed by atoms with Crippen LogP contribution in [-0.2, 0) is 13.0 Å². The summed E-state index contributed by atoms with van der Waals surface area (Å²) < 4.78 is 0. The first kappa shape index (κ1) is 14.8. The minimum Gasteiger partial charge on any atom is -0.355 e. The van der Waals surface area contributed by atoms with Crippen molar-refractivity contribution in [2.75, 3.05) is 32.1 Å². The summed E-state index contributed by atoms with van der Waals surface area (Å²) in [5.74, 6) is 1.17. The molecule has 0 radical (unpaired) electrons. The maximum absolute atomic E-state index is 4.85. The van der Waals surface area contributed by atoms with Gasteiger partial charge in [-0.25, -0.2) is 4.98 Å². The number of pyridine rings is 1. The monoisotopic (exact) mass is 288 g/mol. The Morgan fingerprint density at radius 3 is 2.71 bits per heavy atom. The Bertz CT molecular complexity index is 482. The molecule has 1 aliphatic heterocycles. The van der Waals surface area contributed by atoms with Crippen LogP contribution in [0.25, 0.3) is 0 Å². The Hall–Kier alpha value is -1.13. The molecule has 1 N–H and O–H groups in total. The van der Waals surface area contributed by atoms with Crippen molar-refractivity contribution >= 4 is 5.82 Å². The molecule has 4 heteroatoms. The van der Waals surface area contributed by atoms with E-state index in [2.05, 4.69) is 48.3 Å². The largest absolute Gasteiger partial charge is 0.355 e. The van der Waals surface area contributed by atoms with Crippen LogP contribution in [-0.4, -0.2) is 49.2 Å². The molecule has 1 saturated heterocycles. The van der Waals surface area contributed by atoms with E-state index in [0.29, 0.717) is 6.04 Å². The van der Waals surface area contributed by atoms with E-state index in [1.807, 2.05) is 0 Å². The van der Waals surface area contributed by atoms with Gasteiger partial charge < -0.3 is 15.1 Å². The predicted molar refractivity (Wildman–Crippen MR) is 87.8 cm³/mol. The molecule has 0 amide bonds. The normalized spacial score (nSPS) is 22.3. The molecular formula is C17H28N4. The number of nitrogens with one attached hydrogen (secondary N) is 1. The lowest BCUT2D eigenvalue weighted by Crippen LogP contribution is -2.31. The first-order valence-corrected chi connectivity index (χ1v) is 8.30. The molecule has 2 aliphatic rings. The SMILES string of the molecule is CCc1cc(CNC2CC2)cc(N2CCC(N(C)C)C2)n1. The summed E-state index contributed by atoms with van der Waals surface area (Å²) in [6.45, 7) is 5.40. The maximum Gasteiger partial charge on any atom is 0.129 e. The highest BCUT2D eigenvalue weighted by molar-refractivity contribution is 5.44. The Balaban J connectivity index is 1.72. The van der Waals surface area contributed by atoms with Gasteiger partial charge in [0.2, 0.25) is 0 Å². The van der Waals surface area contributed by atoms with E-state index in [4.69, 9.17) is 4.98 Å².